The van der Waals surface area contributed by atoms with E-state index in [9.17, 15) is 0 Å². The molecule has 3 aromatic carbocycles. The number of hydrogen-bond donors (Lipinski definition) is 0. The Kier molecular flexibility index (Phi) is 6.90. The van der Waals surface area contributed by atoms with Crippen LogP contribution in [0.5, 0.6) is 0 Å². The van der Waals surface area contributed by atoms with Gasteiger partial charge in [0.05, 0.1) is 0 Å². The molecule has 1 aliphatic carbocycles. The standard InChI is InChI=1S/C12H10P.C9H8.2CH3.Sn.H/c1-3-7-11(8-4-1)13-12-9-5-2-6-10-12;1-2-5-9-7-3-6-8(9)4-1;;;;/h1-10H;1-6H,7H2;2*1H3;;/q-1;;;;+1;. The van der Waals surface area contributed by atoms with Crippen LogP contribution < -0.4 is 10.6 Å². The van der Waals surface area contributed by atoms with E-state index in [0.29, 0.717) is 0 Å². The molecule has 0 unspecified atom stereocenters. The third kappa shape index (κ3) is 5.06. The molecule has 0 fully saturated rings. The van der Waals surface area contributed by atoms with Crippen LogP contribution in [0.3, 0.4) is 0 Å². The van der Waals surface area contributed by atoms with Gasteiger partial charge in [0, 0.05) is 0 Å². The summed E-state index contributed by atoms with van der Waals surface area (Å²) < 4.78 is 0. The van der Waals surface area contributed by atoms with Crippen molar-refractivity contribution in [1.29, 1.82) is 0 Å². The molecular formula is C23H25PSn. The van der Waals surface area contributed by atoms with E-state index in [1.807, 2.05) is 0 Å². The Labute approximate surface area is 159 Å². The second-order valence-electron chi connectivity index (χ2n) is 6.44. The summed E-state index contributed by atoms with van der Waals surface area (Å²) in [5.41, 5.74) is 2.84. The monoisotopic (exact) mass is 452 g/mol. The van der Waals surface area contributed by atoms with Gasteiger partial charge < -0.3 is 0 Å². The SMILES string of the molecule is C1=Cc2ccccc2C1.[CH3][SnH]([CH3])[P](c1ccccc1)c1ccccc1. The van der Waals surface area contributed by atoms with Gasteiger partial charge in [0.15, 0.2) is 0 Å². The van der Waals surface area contributed by atoms with Gasteiger partial charge in [-0.05, 0) is 17.5 Å². The van der Waals surface area contributed by atoms with Crippen molar-refractivity contribution < 1.29 is 0 Å². The Bertz CT molecular complexity index is 770. The average molecular weight is 451 g/mol. The van der Waals surface area contributed by atoms with Crippen molar-refractivity contribution in [3.05, 3.63) is 102 Å². The molecule has 4 rings (SSSR count). The van der Waals surface area contributed by atoms with Gasteiger partial charge >= 0.3 is 106 Å². The van der Waals surface area contributed by atoms with Crippen molar-refractivity contribution in [3.63, 3.8) is 0 Å². The molecule has 126 valence electrons. The van der Waals surface area contributed by atoms with E-state index >= 15 is 0 Å². The molecule has 0 heterocycles. The fourth-order valence-electron chi connectivity index (χ4n) is 3.12. The number of benzene rings is 3. The summed E-state index contributed by atoms with van der Waals surface area (Å²) in [4.78, 5) is 5.04. The van der Waals surface area contributed by atoms with Crippen LogP contribution in [0.1, 0.15) is 11.1 Å². The molecule has 25 heavy (non-hydrogen) atoms. The summed E-state index contributed by atoms with van der Waals surface area (Å²) >= 11 is -1.37. The van der Waals surface area contributed by atoms with Gasteiger partial charge in [-0.25, -0.2) is 0 Å². The van der Waals surface area contributed by atoms with E-state index in [1.165, 1.54) is 11.1 Å². The second kappa shape index (κ2) is 9.36. The summed E-state index contributed by atoms with van der Waals surface area (Å²) in [5, 5.41) is 3.13. The van der Waals surface area contributed by atoms with Gasteiger partial charge in [0.25, 0.3) is 0 Å². The van der Waals surface area contributed by atoms with E-state index < -0.39 is 19.2 Å². The van der Waals surface area contributed by atoms with Crippen molar-refractivity contribution in [2.75, 3.05) is 0 Å². The second-order valence-corrected chi connectivity index (χ2v) is 25.8. The Hall–Kier alpha value is -1.37. The minimum absolute atomic E-state index is 0.000123. The van der Waals surface area contributed by atoms with Crippen LogP contribution in [0.25, 0.3) is 6.08 Å². The number of allylic oxidation sites excluding steroid dienone is 1. The minimum atomic E-state index is -1.37. The van der Waals surface area contributed by atoms with E-state index in [1.54, 1.807) is 10.6 Å². The topological polar surface area (TPSA) is 0 Å². The van der Waals surface area contributed by atoms with E-state index in [0.717, 1.165) is 6.42 Å². The normalized spacial score (nSPS) is 12.0. The molecule has 0 aliphatic heterocycles. The summed E-state index contributed by atoms with van der Waals surface area (Å²) in [6.07, 6.45) is 5.50. The fourth-order valence-corrected chi connectivity index (χ4v) is 18.8. The summed E-state index contributed by atoms with van der Waals surface area (Å²) in [5.74, 6) is 0. The number of fused-ring (bicyclic) bond motifs is 1. The van der Waals surface area contributed by atoms with Crippen LogP contribution in [-0.2, 0) is 6.42 Å². The maximum absolute atomic E-state index is 2.52. The molecule has 0 aromatic heterocycles. The molecule has 1 aliphatic rings. The third-order valence-electron chi connectivity index (χ3n) is 4.28. The van der Waals surface area contributed by atoms with E-state index in [4.69, 9.17) is 0 Å². The first kappa shape index (κ1) is 18.4. The van der Waals surface area contributed by atoms with Crippen molar-refractivity contribution in [1.82, 2.24) is 0 Å². The molecule has 0 atom stereocenters. The maximum atomic E-state index is 2.52. The first-order valence-electron chi connectivity index (χ1n) is 8.89. The predicted octanol–water partition coefficient (Wildman–Crippen LogP) is 5.36. The Morgan fingerprint density at radius 3 is 1.72 bits per heavy atom. The van der Waals surface area contributed by atoms with Crippen LogP contribution in [-0.4, -0.2) is 19.2 Å². The molecule has 0 N–H and O–H groups in total. The molecule has 0 spiro atoms. The van der Waals surface area contributed by atoms with Gasteiger partial charge in [0.1, 0.15) is 0 Å². The molecule has 0 bridgehead atoms. The van der Waals surface area contributed by atoms with Crippen molar-refractivity contribution >= 4 is 41.5 Å². The zero-order chi connectivity index (χ0) is 17.5. The first-order valence-corrected chi connectivity index (χ1v) is 21.3. The average Bonchev–Trinajstić information content (AvgIpc) is 3.13. The Morgan fingerprint density at radius 2 is 1.20 bits per heavy atom. The van der Waals surface area contributed by atoms with Gasteiger partial charge in [-0.2, -0.15) is 0 Å². The number of hydrogen-bond acceptors (Lipinski definition) is 0. The van der Waals surface area contributed by atoms with Gasteiger partial charge in [-0.1, -0.05) is 36.4 Å². The molecule has 0 amide bonds. The zero-order valence-electron chi connectivity index (χ0n) is 15.0. The summed E-state index contributed by atoms with van der Waals surface area (Å²) in [6, 6.07) is 30.6. The zero-order valence-corrected chi connectivity index (χ0v) is 19.2. The first-order chi connectivity index (χ1) is 12.3. The molecule has 3 aromatic rings. The quantitative estimate of drug-likeness (QED) is 0.372. The van der Waals surface area contributed by atoms with Crippen LogP contribution in [0.2, 0.25) is 9.88 Å². The molecule has 0 saturated carbocycles. The van der Waals surface area contributed by atoms with E-state index in [-0.39, 0.29) is 5.57 Å². The van der Waals surface area contributed by atoms with Crippen molar-refractivity contribution in [3.8, 4) is 0 Å². The fraction of sp³-hybridized carbons (Fsp3) is 0.130. The Morgan fingerprint density at radius 1 is 0.680 bits per heavy atom. The van der Waals surface area contributed by atoms with Crippen LogP contribution in [0.15, 0.2) is 91.0 Å². The predicted molar refractivity (Wildman–Crippen MR) is 117 cm³/mol. The van der Waals surface area contributed by atoms with Crippen LogP contribution in [0, 0.1) is 0 Å². The molecule has 0 nitrogen and oxygen atoms in total. The molecular weight excluding hydrogens is 426 g/mol. The molecule has 0 radical (unpaired) electrons. The van der Waals surface area contributed by atoms with Gasteiger partial charge in [0.2, 0.25) is 0 Å². The summed E-state index contributed by atoms with van der Waals surface area (Å²) in [7, 11) is 0. The van der Waals surface area contributed by atoms with E-state index in [2.05, 4.69) is 107 Å². The van der Waals surface area contributed by atoms with Gasteiger partial charge in [-0.3, -0.25) is 0 Å². The summed E-state index contributed by atoms with van der Waals surface area (Å²) in [6.45, 7) is 0. The molecule has 2 heteroatoms. The van der Waals surface area contributed by atoms with Crippen LogP contribution in [0.4, 0.5) is 0 Å². The van der Waals surface area contributed by atoms with Crippen molar-refractivity contribution in [2.24, 2.45) is 0 Å². The Balaban J connectivity index is 0.000000170. The molecule has 0 saturated heterocycles. The van der Waals surface area contributed by atoms with Crippen LogP contribution >= 0.6 is 5.57 Å². The van der Waals surface area contributed by atoms with Gasteiger partial charge in [-0.15, -0.1) is 0 Å². The van der Waals surface area contributed by atoms with Crippen molar-refractivity contribution in [2.45, 2.75) is 16.3 Å². The third-order valence-corrected chi connectivity index (χ3v) is 21.0. The number of rotatable bonds is 3.